The fraction of sp³-hybridized carbons (Fsp3) is 1.00. The number of aliphatic hydroxyl groups excluding tert-OH is 3. The van der Waals surface area contributed by atoms with Gasteiger partial charge in [0.1, 0.15) is 6.10 Å². The summed E-state index contributed by atoms with van der Waals surface area (Å²) in [6.45, 7) is -0.729. The molecule has 0 aliphatic heterocycles. The average Bonchev–Trinajstić information content (AvgIpc) is 1.83. The van der Waals surface area contributed by atoms with Crippen LogP contribution >= 0.6 is 34.1 Å². The third-order valence-electron chi connectivity index (χ3n) is 0.421. The number of rotatable bonds is 2. The van der Waals surface area contributed by atoms with Gasteiger partial charge in [-0.25, -0.2) is 0 Å². The van der Waals surface area contributed by atoms with Crippen molar-refractivity contribution in [2.75, 3.05) is 13.2 Å². The van der Waals surface area contributed by atoms with E-state index in [-0.39, 0.29) is 30.6 Å². The van der Waals surface area contributed by atoms with Crippen LogP contribution in [0.3, 0.4) is 0 Å². The van der Waals surface area contributed by atoms with Crippen molar-refractivity contribution in [1.29, 1.82) is 0 Å². The van der Waals surface area contributed by atoms with E-state index in [1.807, 2.05) is 0 Å². The van der Waals surface area contributed by atoms with Crippen LogP contribution in [0.2, 0.25) is 0 Å². The predicted octanol–water partition coefficient (Wildman–Crippen LogP) is -0.0965. The monoisotopic (exact) mass is 352 g/mol. The summed E-state index contributed by atoms with van der Waals surface area (Å²) in [5.41, 5.74) is 0. The number of hydrogen-bond acceptors (Lipinski definition) is 3. The topological polar surface area (TPSA) is 60.7 Å². The van der Waals surface area contributed by atoms with Gasteiger partial charge in [-0.15, -0.1) is 0 Å². The minimum absolute atomic E-state index is 0. The second-order valence-corrected chi connectivity index (χ2v) is 23.8. The van der Waals surface area contributed by atoms with Gasteiger partial charge < -0.3 is 15.3 Å². The molecule has 3 N–H and O–H groups in total. The van der Waals surface area contributed by atoms with Gasteiger partial charge in [0, 0.05) is 0 Å². The van der Waals surface area contributed by atoms with E-state index in [2.05, 4.69) is 0 Å². The van der Waals surface area contributed by atoms with Crippen LogP contribution in [0.4, 0.5) is 0 Å². The van der Waals surface area contributed by atoms with Gasteiger partial charge in [0.05, 0.1) is 13.2 Å². The van der Waals surface area contributed by atoms with E-state index < -0.39 is 21.6 Å². The van der Waals surface area contributed by atoms with Gasteiger partial charge in [-0.2, -0.15) is 0 Å². The quantitative estimate of drug-likeness (QED) is 0.607. The maximum atomic E-state index is 8.17. The van der Waals surface area contributed by atoms with Gasteiger partial charge in [0.2, 0.25) is 0 Å². The van der Waals surface area contributed by atoms with Crippen molar-refractivity contribution >= 4 is 51.4 Å². The molecule has 0 atom stereocenters. The molecule has 3 nitrogen and oxygen atoms in total. The standard InChI is InChI=1S/C3H8O3.Al.4ClH.Zr.3H/c4-1-3(6)2-5;;;;;;;;;/h3-6H,1-2H2;;4*1H;;;;/q;;;;;;+4;;;/p-4. The van der Waals surface area contributed by atoms with Crippen molar-refractivity contribution in [3.8, 4) is 0 Å². The molecule has 0 unspecified atom stereocenters. The Morgan fingerprint density at radius 2 is 1.17 bits per heavy atom. The summed E-state index contributed by atoms with van der Waals surface area (Å²) in [7, 11) is 20.1. The zero-order chi connectivity index (χ0) is 9.49. The van der Waals surface area contributed by atoms with E-state index in [1.165, 1.54) is 0 Å². The molecule has 0 saturated heterocycles. The molecular formula is C3H11AlCl4O3Zr. The Bertz CT molecular complexity index is 82.1. The van der Waals surface area contributed by atoms with Gasteiger partial charge >= 0.3 is 49.5 Å². The van der Waals surface area contributed by atoms with Crippen molar-refractivity contribution in [1.82, 2.24) is 0 Å². The Balaban J connectivity index is -0.000000126. The van der Waals surface area contributed by atoms with E-state index in [9.17, 15) is 0 Å². The molecule has 0 saturated carbocycles. The molecule has 9 heteroatoms. The van der Waals surface area contributed by atoms with E-state index >= 15 is 0 Å². The Morgan fingerprint density at radius 3 is 1.17 bits per heavy atom. The van der Waals surface area contributed by atoms with Crippen LogP contribution in [0.1, 0.15) is 0 Å². The van der Waals surface area contributed by atoms with Gasteiger partial charge in [0.25, 0.3) is 0 Å². The van der Waals surface area contributed by atoms with E-state index in [4.69, 9.17) is 49.4 Å². The molecule has 0 amide bonds. The fourth-order valence-electron chi connectivity index (χ4n) is 0.0577. The molecule has 0 aromatic rings. The summed E-state index contributed by atoms with van der Waals surface area (Å²) in [5, 5.41) is 24.0. The van der Waals surface area contributed by atoms with Gasteiger partial charge in [-0.05, 0) is 0 Å². The van der Waals surface area contributed by atoms with Crippen molar-refractivity contribution in [2.24, 2.45) is 0 Å². The summed E-state index contributed by atoms with van der Waals surface area (Å²) in [4.78, 5) is 0. The SMILES string of the molecule is OCC(O)CO.[AlH3].[Cl][Zr]([Cl])([Cl])[Cl]. The van der Waals surface area contributed by atoms with Crippen LogP contribution in [-0.4, -0.2) is 52.0 Å². The zero-order valence-corrected chi connectivity index (χ0v) is 10.8. The third-order valence-corrected chi connectivity index (χ3v) is 0.421. The van der Waals surface area contributed by atoms with Crippen LogP contribution in [0, 0.1) is 0 Å². The molecule has 0 aliphatic rings. The first-order valence-corrected chi connectivity index (χ1v) is 15.1. The third kappa shape index (κ3) is 39.2. The predicted molar refractivity (Wildman–Crippen MR) is 53.5 cm³/mol. The molecule has 76 valence electrons. The summed E-state index contributed by atoms with van der Waals surface area (Å²) in [6, 6.07) is 0. The molecular weight excluding hydrogens is 344 g/mol. The molecule has 0 bridgehead atoms. The van der Waals surface area contributed by atoms with Crippen LogP contribution in [0.15, 0.2) is 0 Å². The van der Waals surface area contributed by atoms with E-state index in [0.29, 0.717) is 0 Å². The number of hydrogen-bond donors (Lipinski definition) is 3. The Kier molecular flexibility index (Phi) is 19.2. The number of halogens is 4. The van der Waals surface area contributed by atoms with Gasteiger partial charge in [0.15, 0.2) is 17.4 Å². The van der Waals surface area contributed by atoms with Crippen molar-refractivity contribution < 1.29 is 30.8 Å². The first kappa shape index (κ1) is 19.9. The minimum atomic E-state index is -3.29. The first-order valence-electron chi connectivity index (χ1n) is 2.46. The molecule has 0 fully saturated rings. The van der Waals surface area contributed by atoms with E-state index in [1.54, 1.807) is 0 Å². The average molecular weight is 355 g/mol. The fourth-order valence-corrected chi connectivity index (χ4v) is 0.0577. The summed E-state index contributed by atoms with van der Waals surface area (Å²) in [6.07, 6.45) is -0.954. The van der Waals surface area contributed by atoms with E-state index in [0.717, 1.165) is 0 Å². The van der Waals surface area contributed by atoms with Crippen molar-refractivity contribution in [2.45, 2.75) is 6.10 Å². The second-order valence-electron chi connectivity index (χ2n) is 1.45. The normalized spacial score (nSPS) is 10.0. The molecule has 0 aromatic heterocycles. The van der Waals surface area contributed by atoms with Crippen LogP contribution in [0.25, 0.3) is 0 Å². The number of aliphatic hydroxyl groups is 3. The van der Waals surface area contributed by atoms with Crippen LogP contribution < -0.4 is 0 Å². The molecule has 0 aromatic carbocycles. The Morgan fingerprint density at radius 1 is 1.00 bits per heavy atom. The molecule has 0 spiro atoms. The summed E-state index contributed by atoms with van der Waals surface area (Å²) >= 11 is -3.29. The molecule has 0 heterocycles. The van der Waals surface area contributed by atoms with Crippen molar-refractivity contribution in [3.05, 3.63) is 0 Å². The first-order chi connectivity index (χ1) is 4.81. The van der Waals surface area contributed by atoms with Crippen LogP contribution in [-0.2, 0) is 15.5 Å². The summed E-state index contributed by atoms with van der Waals surface area (Å²) < 4.78 is 0. The Hall–Kier alpha value is 2.46. The van der Waals surface area contributed by atoms with Crippen LogP contribution in [0.5, 0.6) is 0 Å². The summed E-state index contributed by atoms with van der Waals surface area (Å²) in [5.74, 6) is 0. The molecule has 0 rings (SSSR count). The maximum absolute atomic E-state index is 8.17. The Labute approximate surface area is 100 Å². The molecule has 0 aliphatic carbocycles. The van der Waals surface area contributed by atoms with Gasteiger partial charge in [-0.3, -0.25) is 0 Å². The van der Waals surface area contributed by atoms with Gasteiger partial charge in [-0.1, -0.05) is 0 Å². The molecule has 0 radical (unpaired) electrons. The molecule has 12 heavy (non-hydrogen) atoms. The second kappa shape index (κ2) is 11.5. The zero-order valence-electron chi connectivity index (χ0n) is 5.35. The van der Waals surface area contributed by atoms with Crippen molar-refractivity contribution in [3.63, 3.8) is 0 Å².